The Labute approximate surface area is 99.6 Å². The van der Waals surface area contributed by atoms with Gasteiger partial charge in [-0.2, -0.15) is 0 Å². The molecule has 2 atom stereocenters. The highest BCUT2D eigenvalue weighted by molar-refractivity contribution is 14.1. The largest absolute Gasteiger partial charge is 0.295 e. The molecule has 0 unspecified atom stereocenters. The van der Waals surface area contributed by atoms with E-state index in [9.17, 15) is 0 Å². The molecule has 1 aromatic carbocycles. The maximum atomic E-state index is 2.55. The highest BCUT2D eigenvalue weighted by Crippen LogP contribution is 2.32. The Morgan fingerprint density at radius 1 is 1.29 bits per heavy atom. The van der Waals surface area contributed by atoms with Crippen molar-refractivity contribution in [3.8, 4) is 0 Å². The summed E-state index contributed by atoms with van der Waals surface area (Å²) in [7, 11) is 2.22. The highest BCUT2D eigenvalue weighted by Gasteiger charge is 2.24. The quantitative estimate of drug-likeness (QED) is 0.437. The van der Waals surface area contributed by atoms with Crippen molar-refractivity contribution in [1.29, 1.82) is 0 Å². The molecule has 0 aromatic heterocycles. The summed E-state index contributed by atoms with van der Waals surface area (Å²) in [4.78, 5) is 2.44. The van der Waals surface area contributed by atoms with Gasteiger partial charge < -0.3 is 0 Å². The van der Waals surface area contributed by atoms with Crippen LogP contribution in [0.5, 0.6) is 0 Å². The number of likely N-dealkylation sites (tertiary alicyclic amines) is 1. The fraction of sp³-hybridized carbons (Fsp3) is 0.500. The second kappa shape index (κ2) is 4.62. The summed E-state index contributed by atoms with van der Waals surface area (Å²) in [6, 6.07) is 10.9. The summed E-state index contributed by atoms with van der Waals surface area (Å²) >= 11 is 2.55. The van der Waals surface area contributed by atoms with E-state index in [0.717, 1.165) is 5.92 Å². The predicted octanol–water partition coefficient (Wildman–Crippen LogP) is 3.26. The molecule has 14 heavy (non-hydrogen) atoms. The van der Waals surface area contributed by atoms with Crippen LogP contribution >= 0.6 is 22.6 Å². The predicted molar refractivity (Wildman–Crippen MR) is 68.9 cm³/mol. The minimum Gasteiger partial charge on any atom is -0.295 e. The fourth-order valence-electron chi connectivity index (χ4n) is 2.06. The van der Waals surface area contributed by atoms with Gasteiger partial charge in [0.15, 0.2) is 0 Å². The number of rotatable bonds is 1. The van der Waals surface area contributed by atoms with Crippen LogP contribution < -0.4 is 0 Å². The molecular formula is C12H16IN. The van der Waals surface area contributed by atoms with Crippen molar-refractivity contribution in [3.63, 3.8) is 0 Å². The van der Waals surface area contributed by atoms with Crippen LogP contribution in [-0.2, 0) is 0 Å². The fourth-order valence-corrected chi connectivity index (χ4v) is 2.95. The van der Waals surface area contributed by atoms with Crippen LogP contribution in [0.1, 0.15) is 24.3 Å². The first-order chi connectivity index (χ1) is 6.77. The first-order valence-electron chi connectivity index (χ1n) is 5.16. The number of benzene rings is 1. The van der Waals surface area contributed by atoms with E-state index in [0.29, 0.717) is 4.05 Å². The molecule has 0 aliphatic carbocycles. The molecule has 0 N–H and O–H groups in total. The van der Waals surface area contributed by atoms with Gasteiger partial charge in [-0.15, -0.1) is 0 Å². The third kappa shape index (κ3) is 2.28. The Hall–Kier alpha value is -0.0900. The average molecular weight is 301 g/mol. The van der Waals surface area contributed by atoms with E-state index in [1.807, 2.05) is 0 Å². The Bertz CT molecular complexity index is 286. The summed E-state index contributed by atoms with van der Waals surface area (Å²) in [5, 5.41) is 0. The Balaban J connectivity index is 2.07. The molecule has 2 heteroatoms. The van der Waals surface area contributed by atoms with Crippen molar-refractivity contribution < 1.29 is 0 Å². The van der Waals surface area contributed by atoms with Gasteiger partial charge in [0, 0.05) is 0 Å². The van der Waals surface area contributed by atoms with Gasteiger partial charge in [-0.1, -0.05) is 52.9 Å². The molecule has 0 bridgehead atoms. The number of halogens is 1. The van der Waals surface area contributed by atoms with E-state index in [4.69, 9.17) is 0 Å². The van der Waals surface area contributed by atoms with Crippen molar-refractivity contribution in [2.45, 2.75) is 22.8 Å². The van der Waals surface area contributed by atoms with Gasteiger partial charge >= 0.3 is 0 Å². The van der Waals surface area contributed by atoms with Crippen LogP contribution in [0.4, 0.5) is 0 Å². The molecule has 0 saturated carbocycles. The molecule has 1 saturated heterocycles. The number of nitrogens with zero attached hydrogens (tertiary/aromatic N) is 1. The zero-order valence-electron chi connectivity index (χ0n) is 8.49. The molecular weight excluding hydrogens is 285 g/mol. The number of hydrogen-bond acceptors (Lipinski definition) is 1. The van der Waals surface area contributed by atoms with E-state index < -0.39 is 0 Å². The molecule has 0 spiro atoms. The molecule has 1 fully saturated rings. The maximum absolute atomic E-state index is 2.55. The van der Waals surface area contributed by atoms with Gasteiger partial charge in [-0.25, -0.2) is 0 Å². The van der Waals surface area contributed by atoms with Crippen LogP contribution in [0.2, 0.25) is 0 Å². The van der Waals surface area contributed by atoms with Gasteiger partial charge in [-0.3, -0.25) is 4.90 Å². The molecule has 1 heterocycles. The van der Waals surface area contributed by atoms with Gasteiger partial charge in [-0.05, 0) is 37.9 Å². The third-order valence-electron chi connectivity index (χ3n) is 3.06. The number of alkyl halides is 1. The lowest BCUT2D eigenvalue weighted by Gasteiger charge is -2.34. The molecule has 0 radical (unpaired) electrons. The van der Waals surface area contributed by atoms with E-state index >= 15 is 0 Å². The van der Waals surface area contributed by atoms with Gasteiger partial charge in [0.1, 0.15) is 0 Å². The van der Waals surface area contributed by atoms with E-state index in [-0.39, 0.29) is 0 Å². The summed E-state index contributed by atoms with van der Waals surface area (Å²) in [5.41, 5.74) is 1.52. The van der Waals surface area contributed by atoms with Crippen LogP contribution in [0, 0.1) is 0 Å². The van der Waals surface area contributed by atoms with Crippen LogP contribution in [0.3, 0.4) is 0 Å². The standard InChI is InChI=1S/C12H16IN/c1-14-8-7-11(9-12(14)13)10-5-3-2-4-6-10/h2-6,11-12H,7-9H2,1H3/t11-,12+/m1/s1. The van der Waals surface area contributed by atoms with Crippen molar-refractivity contribution in [3.05, 3.63) is 35.9 Å². The van der Waals surface area contributed by atoms with Crippen LogP contribution in [0.25, 0.3) is 0 Å². The lowest BCUT2D eigenvalue weighted by atomic mass is 9.90. The second-order valence-corrected chi connectivity index (χ2v) is 5.48. The van der Waals surface area contributed by atoms with Crippen molar-refractivity contribution in [2.24, 2.45) is 0 Å². The number of hydrogen-bond donors (Lipinski definition) is 0. The van der Waals surface area contributed by atoms with Crippen LogP contribution in [-0.4, -0.2) is 22.5 Å². The van der Waals surface area contributed by atoms with Gasteiger partial charge in [0.05, 0.1) is 4.05 Å². The molecule has 0 amide bonds. The Morgan fingerprint density at radius 2 is 2.00 bits per heavy atom. The molecule has 76 valence electrons. The maximum Gasteiger partial charge on any atom is 0.0621 e. The van der Waals surface area contributed by atoms with Crippen molar-refractivity contribution in [1.82, 2.24) is 4.90 Å². The summed E-state index contributed by atoms with van der Waals surface area (Å²) in [6.45, 7) is 1.23. The summed E-state index contributed by atoms with van der Waals surface area (Å²) < 4.78 is 0.701. The monoisotopic (exact) mass is 301 g/mol. The average Bonchev–Trinajstić information content (AvgIpc) is 2.23. The van der Waals surface area contributed by atoms with Gasteiger partial charge in [0.25, 0.3) is 0 Å². The van der Waals surface area contributed by atoms with E-state index in [1.165, 1.54) is 24.9 Å². The smallest absolute Gasteiger partial charge is 0.0621 e. The Kier molecular flexibility index (Phi) is 3.44. The zero-order chi connectivity index (χ0) is 9.97. The lowest BCUT2D eigenvalue weighted by molar-refractivity contribution is 0.242. The van der Waals surface area contributed by atoms with Gasteiger partial charge in [0.2, 0.25) is 0 Å². The topological polar surface area (TPSA) is 3.24 Å². The summed E-state index contributed by atoms with van der Waals surface area (Å²) in [6.07, 6.45) is 2.60. The lowest BCUT2D eigenvalue weighted by Crippen LogP contribution is -2.34. The molecule has 1 aliphatic heterocycles. The first kappa shape index (κ1) is 10.4. The first-order valence-corrected chi connectivity index (χ1v) is 6.41. The normalized spacial score (nSPS) is 29.0. The molecule has 1 aliphatic rings. The summed E-state index contributed by atoms with van der Waals surface area (Å²) in [5.74, 6) is 0.772. The zero-order valence-corrected chi connectivity index (χ0v) is 10.6. The molecule has 2 rings (SSSR count). The second-order valence-electron chi connectivity index (χ2n) is 4.05. The highest BCUT2D eigenvalue weighted by atomic mass is 127. The Morgan fingerprint density at radius 3 is 2.64 bits per heavy atom. The minimum absolute atomic E-state index is 0.701. The SMILES string of the molecule is CN1CC[C@@H](c2ccccc2)C[C@H]1I. The van der Waals surface area contributed by atoms with E-state index in [1.54, 1.807) is 0 Å². The molecule has 1 nitrogen and oxygen atoms in total. The van der Waals surface area contributed by atoms with Crippen LogP contribution in [0.15, 0.2) is 30.3 Å². The van der Waals surface area contributed by atoms with E-state index in [2.05, 4.69) is 64.9 Å². The third-order valence-corrected chi connectivity index (χ3v) is 4.52. The minimum atomic E-state index is 0.701. The molecule has 1 aromatic rings. The van der Waals surface area contributed by atoms with Crippen molar-refractivity contribution >= 4 is 22.6 Å². The van der Waals surface area contributed by atoms with Crippen molar-refractivity contribution in [2.75, 3.05) is 13.6 Å². The number of piperidine rings is 1.